The number of hydrogen-bond acceptors (Lipinski definition) is 2. The Balaban J connectivity index is 2.23. The van der Waals surface area contributed by atoms with E-state index in [1.165, 1.54) is 23.9 Å². The Kier molecular flexibility index (Phi) is 3.51. The first-order valence-corrected chi connectivity index (χ1v) is 6.24. The molecule has 1 nitrogen and oxygen atoms in total. The molecule has 0 unspecified atom stereocenters. The highest BCUT2D eigenvalue weighted by atomic mass is 79.9. The molecule has 0 aromatic heterocycles. The van der Waals surface area contributed by atoms with Gasteiger partial charge >= 0.3 is 0 Å². The SMILES string of the molecule is Nc1cc(F)cc(Sc2ccc(Br)cc2)c1. The van der Waals surface area contributed by atoms with Crippen molar-refractivity contribution >= 4 is 33.4 Å². The van der Waals surface area contributed by atoms with Crippen molar-refractivity contribution in [1.29, 1.82) is 0 Å². The highest BCUT2D eigenvalue weighted by Gasteiger charge is 2.01. The molecule has 0 saturated carbocycles. The van der Waals surface area contributed by atoms with Gasteiger partial charge in [0.2, 0.25) is 0 Å². The van der Waals surface area contributed by atoms with E-state index in [4.69, 9.17) is 5.73 Å². The van der Waals surface area contributed by atoms with Gasteiger partial charge in [-0.15, -0.1) is 0 Å². The van der Waals surface area contributed by atoms with E-state index >= 15 is 0 Å². The van der Waals surface area contributed by atoms with Crippen LogP contribution in [0.25, 0.3) is 0 Å². The summed E-state index contributed by atoms with van der Waals surface area (Å²) in [6.45, 7) is 0. The van der Waals surface area contributed by atoms with Crippen LogP contribution in [0.15, 0.2) is 56.7 Å². The molecule has 4 heteroatoms. The van der Waals surface area contributed by atoms with Crippen molar-refractivity contribution < 1.29 is 4.39 Å². The van der Waals surface area contributed by atoms with Crippen LogP contribution in [0.2, 0.25) is 0 Å². The predicted octanol–water partition coefficient (Wildman–Crippen LogP) is 4.32. The van der Waals surface area contributed by atoms with E-state index in [0.717, 1.165) is 14.3 Å². The van der Waals surface area contributed by atoms with Gasteiger partial charge in [-0.05, 0) is 42.5 Å². The third-order valence-electron chi connectivity index (χ3n) is 1.94. The molecule has 0 heterocycles. The van der Waals surface area contributed by atoms with Crippen LogP contribution in [0.3, 0.4) is 0 Å². The number of anilines is 1. The molecule has 0 fully saturated rings. The van der Waals surface area contributed by atoms with E-state index in [1.54, 1.807) is 6.07 Å². The Morgan fingerprint density at radius 1 is 1.00 bits per heavy atom. The van der Waals surface area contributed by atoms with Crippen LogP contribution in [0.1, 0.15) is 0 Å². The van der Waals surface area contributed by atoms with Gasteiger partial charge in [0.1, 0.15) is 5.82 Å². The topological polar surface area (TPSA) is 26.0 Å². The van der Waals surface area contributed by atoms with Crippen LogP contribution in [0.4, 0.5) is 10.1 Å². The number of nitrogens with two attached hydrogens (primary N) is 1. The second-order valence-electron chi connectivity index (χ2n) is 3.28. The number of hydrogen-bond donors (Lipinski definition) is 1. The van der Waals surface area contributed by atoms with Crippen LogP contribution in [-0.2, 0) is 0 Å². The minimum atomic E-state index is -0.306. The van der Waals surface area contributed by atoms with Crippen LogP contribution < -0.4 is 5.73 Å². The fourth-order valence-corrected chi connectivity index (χ4v) is 2.46. The summed E-state index contributed by atoms with van der Waals surface area (Å²) >= 11 is 4.85. The van der Waals surface area contributed by atoms with Crippen LogP contribution >= 0.6 is 27.7 Å². The number of benzene rings is 2. The summed E-state index contributed by atoms with van der Waals surface area (Å²) in [7, 11) is 0. The van der Waals surface area contributed by atoms with Crippen LogP contribution in [-0.4, -0.2) is 0 Å². The van der Waals surface area contributed by atoms with Crippen molar-refractivity contribution in [2.45, 2.75) is 9.79 Å². The molecular weight excluding hydrogens is 289 g/mol. The molecule has 0 atom stereocenters. The number of nitrogen functional groups attached to an aromatic ring is 1. The molecule has 2 aromatic carbocycles. The highest BCUT2D eigenvalue weighted by Crippen LogP contribution is 2.30. The quantitative estimate of drug-likeness (QED) is 0.836. The molecule has 2 rings (SSSR count). The van der Waals surface area contributed by atoms with E-state index in [0.29, 0.717) is 5.69 Å². The lowest BCUT2D eigenvalue weighted by Crippen LogP contribution is -1.87. The van der Waals surface area contributed by atoms with E-state index in [1.807, 2.05) is 24.3 Å². The average Bonchev–Trinajstić information content (AvgIpc) is 2.20. The molecule has 82 valence electrons. The summed E-state index contributed by atoms with van der Waals surface area (Å²) in [5.41, 5.74) is 6.02. The molecule has 0 saturated heterocycles. The number of halogens is 2. The van der Waals surface area contributed by atoms with Crippen molar-refractivity contribution in [3.05, 3.63) is 52.8 Å². The van der Waals surface area contributed by atoms with E-state index in [9.17, 15) is 4.39 Å². The Labute approximate surface area is 106 Å². The summed E-state index contributed by atoms with van der Waals surface area (Å²) in [6.07, 6.45) is 0. The van der Waals surface area contributed by atoms with Gasteiger partial charge in [-0.25, -0.2) is 4.39 Å². The van der Waals surface area contributed by atoms with Gasteiger partial charge in [-0.1, -0.05) is 27.7 Å². The minimum Gasteiger partial charge on any atom is -0.399 e. The van der Waals surface area contributed by atoms with E-state index in [2.05, 4.69) is 15.9 Å². The van der Waals surface area contributed by atoms with E-state index in [-0.39, 0.29) is 5.82 Å². The molecule has 0 aliphatic carbocycles. The fourth-order valence-electron chi connectivity index (χ4n) is 1.28. The lowest BCUT2D eigenvalue weighted by Gasteiger charge is -2.03. The van der Waals surface area contributed by atoms with Crippen molar-refractivity contribution in [2.24, 2.45) is 0 Å². The highest BCUT2D eigenvalue weighted by molar-refractivity contribution is 9.10. The van der Waals surface area contributed by atoms with Crippen LogP contribution in [0.5, 0.6) is 0 Å². The standard InChI is InChI=1S/C12H9BrFNS/c13-8-1-3-11(4-2-8)16-12-6-9(14)5-10(15)7-12/h1-7H,15H2. The molecular formula is C12H9BrFNS. The fraction of sp³-hybridized carbons (Fsp3) is 0. The third-order valence-corrected chi connectivity index (χ3v) is 3.45. The normalized spacial score (nSPS) is 10.4. The maximum atomic E-state index is 13.1. The Hall–Kier alpha value is -1.00. The lowest BCUT2D eigenvalue weighted by molar-refractivity contribution is 0.625. The molecule has 0 aliphatic heterocycles. The van der Waals surface area contributed by atoms with Crippen molar-refractivity contribution in [2.75, 3.05) is 5.73 Å². The number of rotatable bonds is 2. The van der Waals surface area contributed by atoms with Crippen molar-refractivity contribution in [3.8, 4) is 0 Å². The summed E-state index contributed by atoms with van der Waals surface area (Å²) < 4.78 is 14.1. The zero-order valence-corrected chi connectivity index (χ0v) is 10.7. The molecule has 2 N–H and O–H groups in total. The second-order valence-corrected chi connectivity index (χ2v) is 5.34. The Morgan fingerprint density at radius 2 is 1.69 bits per heavy atom. The second kappa shape index (κ2) is 4.89. The summed E-state index contributed by atoms with van der Waals surface area (Å²) in [5, 5.41) is 0. The third kappa shape index (κ3) is 3.00. The molecule has 16 heavy (non-hydrogen) atoms. The van der Waals surface area contributed by atoms with E-state index < -0.39 is 0 Å². The Morgan fingerprint density at radius 3 is 2.31 bits per heavy atom. The maximum Gasteiger partial charge on any atom is 0.126 e. The average molecular weight is 298 g/mol. The van der Waals surface area contributed by atoms with Gasteiger partial charge in [0.15, 0.2) is 0 Å². The maximum absolute atomic E-state index is 13.1. The predicted molar refractivity (Wildman–Crippen MR) is 69.1 cm³/mol. The summed E-state index contributed by atoms with van der Waals surface area (Å²) in [6, 6.07) is 12.4. The van der Waals surface area contributed by atoms with Gasteiger partial charge < -0.3 is 5.73 Å². The molecule has 0 radical (unpaired) electrons. The van der Waals surface area contributed by atoms with Gasteiger partial charge in [0, 0.05) is 20.0 Å². The largest absolute Gasteiger partial charge is 0.399 e. The molecule has 0 spiro atoms. The summed E-state index contributed by atoms with van der Waals surface area (Å²) in [5.74, 6) is -0.306. The lowest BCUT2D eigenvalue weighted by atomic mass is 10.3. The molecule has 0 amide bonds. The Bertz CT molecular complexity index is 479. The monoisotopic (exact) mass is 297 g/mol. The minimum absolute atomic E-state index is 0.306. The molecule has 2 aromatic rings. The van der Waals surface area contributed by atoms with Crippen molar-refractivity contribution in [1.82, 2.24) is 0 Å². The smallest absolute Gasteiger partial charge is 0.126 e. The van der Waals surface area contributed by atoms with Crippen molar-refractivity contribution in [3.63, 3.8) is 0 Å². The van der Waals surface area contributed by atoms with Gasteiger partial charge in [-0.3, -0.25) is 0 Å². The first-order chi connectivity index (χ1) is 7.63. The molecule has 0 aliphatic rings. The van der Waals surface area contributed by atoms with Gasteiger partial charge in [0.05, 0.1) is 0 Å². The first kappa shape index (κ1) is 11.5. The van der Waals surface area contributed by atoms with Crippen LogP contribution in [0, 0.1) is 5.82 Å². The molecule has 0 bridgehead atoms. The van der Waals surface area contributed by atoms with Gasteiger partial charge in [0.25, 0.3) is 0 Å². The first-order valence-electron chi connectivity index (χ1n) is 4.63. The zero-order chi connectivity index (χ0) is 11.5. The summed E-state index contributed by atoms with van der Waals surface area (Å²) in [4.78, 5) is 1.85. The zero-order valence-electron chi connectivity index (χ0n) is 8.28. The van der Waals surface area contributed by atoms with Gasteiger partial charge in [-0.2, -0.15) is 0 Å².